The number of hydrogen-bond acceptors (Lipinski definition) is 4. The molecule has 0 aliphatic carbocycles. The molecule has 1 aromatic rings. The van der Waals surface area contributed by atoms with Gasteiger partial charge in [-0.05, 0) is 48.9 Å². The Hall–Kier alpha value is -2.77. The molecule has 0 saturated carbocycles. The molecule has 0 spiro atoms. The van der Waals surface area contributed by atoms with E-state index in [-0.39, 0.29) is 17.8 Å². The number of carbonyl (C=O) groups is 3. The Morgan fingerprint density at radius 1 is 1.03 bits per heavy atom. The van der Waals surface area contributed by atoms with E-state index in [1.807, 2.05) is 21.9 Å². The van der Waals surface area contributed by atoms with Gasteiger partial charge in [0.15, 0.2) is 0 Å². The minimum Gasteiger partial charge on any atom is -0.497 e. The first-order chi connectivity index (χ1) is 14.5. The second-order valence-electron chi connectivity index (χ2n) is 8.38. The molecule has 3 fully saturated rings. The van der Waals surface area contributed by atoms with Crippen LogP contribution >= 0.6 is 0 Å². The van der Waals surface area contributed by atoms with Gasteiger partial charge in [0, 0.05) is 57.8 Å². The predicted molar refractivity (Wildman–Crippen MR) is 111 cm³/mol. The molecule has 4 rings (SSSR count). The predicted octanol–water partition coefficient (Wildman–Crippen LogP) is 1.42. The number of methoxy groups -OCH3 is 1. The fraction of sp³-hybridized carbons (Fsp3) is 0.591. The highest BCUT2D eigenvalue weighted by Crippen LogP contribution is 2.33. The average molecular weight is 415 g/mol. The van der Waals surface area contributed by atoms with Crippen molar-refractivity contribution in [2.75, 3.05) is 52.9 Å². The molecule has 4 amide bonds. The van der Waals surface area contributed by atoms with E-state index in [1.54, 1.807) is 24.1 Å². The monoisotopic (exact) mass is 414 g/mol. The van der Waals surface area contributed by atoms with Gasteiger partial charge < -0.3 is 24.8 Å². The Labute approximate surface area is 177 Å². The van der Waals surface area contributed by atoms with E-state index < -0.39 is 0 Å². The highest BCUT2D eigenvalue weighted by atomic mass is 16.5. The highest BCUT2D eigenvalue weighted by molar-refractivity contribution is 5.94. The summed E-state index contributed by atoms with van der Waals surface area (Å²) in [6, 6.07) is 7.19. The van der Waals surface area contributed by atoms with E-state index in [2.05, 4.69) is 5.32 Å². The third-order valence-electron chi connectivity index (χ3n) is 6.66. The van der Waals surface area contributed by atoms with Crippen LogP contribution in [0.15, 0.2) is 24.3 Å². The average Bonchev–Trinajstić information content (AvgIpc) is 3.11. The van der Waals surface area contributed by atoms with Crippen molar-refractivity contribution in [3.63, 3.8) is 0 Å². The number of amides is 4. The van der Waals surface area contributed by atoms with Crippen molar-refractivity contribution in [1.82, 2.24) is 20.0 Å². The molecular formula is C22H30N4O4. The third-order valence-corrected chi connectivity index (χ3v) is 6.66. The lowest BCUT2D eigenvalue weighted by Gasteiger charge is -2.37. The number of piperidine rings is 1. The number of benzene rings is 1. The van der Waals surface area contributed by atoms with E-state index in [9.17, 15) is 14.4 Å². The summed E-state index contributed by atoms with van der Waals surface area (Å²) in [7, 11) is 1.61. The van der Waals surface area contributed by atoms with Gasteiger partial charge >= 0.3 is 6.03 Å². The van der Waals surface area contributed by atoms with Gasteiger partial charge in [0.05, 0.1) is 7.11 Å². The SMILES string of the molecule is COc1ccc(C(=O)N2CC[C@@H]3CC(=O)N(CCN4CCNC4=O)CC[C@H]3C2)cc1. The normalized spacial score (nSPS) is 24.4. The molecule has 3 aliphatic rings. The lowest BCUT2D eigenvalue weighted by Crippen LogP contribution is -2.43. The molecule has 162 valence electrons. The summed E-state index contributed by atoms with van der Waals surface area (Å²) in [6.07, 6.45) is 2.30. The van der Waals surface area contributed by atoms with E-state index in [4.69, 9.17) is 4.74 Å². The number of carbonyl (C=O) groups excluding carboxylic acids is 3. The fourth-order valence-corrected chi connectivity index (χ4v) is 4.78. The zero-order valence-electron chi connectivity index (χ0n) is 17.5. The first-order valence-corrected chi connectivity index (χ1v) is 10.8. The van der Waals surface area contributed by atoms with Gasteiger partial charge in [-0.15, -0.1) is 0 Å². The molecule has 30 heavy (non-hydrogen) atoms. The topological polar surface area (TPSA) is 82.2 Å². The number of ether oxygens (including phenoxy) is 1. The summed E-state index contributed by atoms with van der Waals surface area (Å²) in [4.78, 5) is 43.0. The number of rotatable bonds is 5. The summed E-state index contributed by atoms with van der Waals surface area (Å²) in [5.74, 6) is 1.63. The molecule has 0 aromatic heterocycles. The van der Waals surface area contributed by atoms with Gasteiger partial charge in [0.25, 0.3) is 5.91 Å². The lowest BCUT2D eigenvalue weighted by atomic mass is 9.82. The number of urea groups is 1. The maximum Gasteiger partial charge on any atom is 0.317 e. The van der Waals surface area contributed by atoms with Gasteiger partial charge in [0.2, 0.25) is 5.91 Å². The molecule has 0 bridgehead atoms. The van der Waals surface area contributed by atoms with Crippen LogP contribution in [0.5, 0.6) is 5.75 Å². The molecule has 8 nitrogen and oxygen atoms in total. The fourth-order valence-electron chi connectivity index (χ4n) is 4.78. The number of nitrogens with one attached hydrogen (secondary N) is 1. The quantitative estimate of drug-likeness (QED) is 0.790. The van der Waals surface area contributed by atoms with Crippen molar-refractivity contribution < 1.29 is 19.1 Å². The maximum atomic E-state index is 12.9. The van der Waals surface area contributed by atoms with E-state index >= 15 is 0 Å². The Bertz CT molecular complexity index is 797. The van der Waals surface area contributed by atoms with Gasteiger partial charge in [-0.3, -0.25) is 9.59 Å². The van der Waals surface area contributed by atoms with Crippen molar-refractivity contribution >= 4 is 17.8 Å². The van der Waals surface area contributed by atoms with Crippen LogP contribution in [0.4, 0.5) is 4.79 Å². The van der Waals surface area contributed by atoms with Crippen LogP contribution in [0.2, 0.25) is 0 Å². The largest absolute Gasteiger partial charge is 0.497 e. The maximum absolute atomic E-state index is 12.9. The minimum absolute atomic E-state index is 0.0429. The first-order valence-electron chi connectivity index (χ1n) is 10.8. The Kier molecular flexibility index (Phi) is 6.11. The van der Waals surface area contributed by atoms with Gasteiger partial charge in [-0.2, -0.15) is 0 Å². The third kappa shape index (κ3) is 4.37. The Balaban J connectivity index is 1.34. The molecule has 0 unspecified atom stereocenters. The van der Waals surface area contributed by atoms with Crippen molar-refractivity contribution in [2.24, 2.45) is 11.8 Å². The molecule has 1 N–H and O–H groups in total. The van der Waals surface area contributed by atoms with E-state index in [1.165, 1.54) is 0 Å². The highest BCUT2D eigenvalue weighted by Gasteiger charge is 2.36. The van der Waals surface area contributed by atoms with Crippen molar-refractivity contribution in [3.8, 4) is 5.75 Å². The van der Waals surface area contributed by atoms with Crippen molar-refractivity contribution in [1.29, 1.82) is 0 Å². The summed E-state index contributed by atoms with van der Waals surface area (Å²) in [5.41, 5.74) is 0.671. The zero-order chi connectivity index (χ0) is 21.1. The Morgan fingerprint density at radius 2 is 1.77 bits per heavy atom. The van der Waals surface area contributed by atoms with Gasteiger partial charge in [-0.1, -0.05) is 0 Å². The lowest BCUT2D eigenvalue weighted by molar-refractivity contribution is -0.131. The summed E-state index contributed by atoms with van der Waals surface area (Å²) in [5, 5.41) is 2.80. The number of fused-ring (bicyclic) bond motifs is 1. The molecule has 3 heterocycles. The van der Waals surface area contributed by atoms with Crippen LogP contribution in [0, 0.1) is 11.8 Å². The van der Waals surface area contributed by atoms with Crippen LogP contribution in [0.3, 0.4) is 0 Å². The summed E-state index contributed by atoms with van der Waals surface area (Å²) >= 11 is 0. The zero-order valence-corrected chi connectivity index (χ0v) is 17.5. The Morgan fingerprint density at radius 3 is 2.47 bits per heavy atom. The minimum atomic E-state index is -0.0429. The van der Waals surface area contributed by atoms with E-state index in [0.717, 1.165) is 18.6 Å². The first kappa shape index (κ1) is 20.5. The summed E-state index contributed by atoms with van der Waals surface area (Å²) in [6.45, 7) is 4.62. The second kappa shape index (κ2) is 8.93. The second-order valence-corrected chi connectivity index (χ2v) is 8.38. The van der Waals surface area contributed by atoms with Crippen molar-refractivity contribution in [3.05, 3.63) is 29.8 Å². The molecule has 1 aromatic carbocycles. The van der Waals surface area contributed by atoms with Crippen LogP contribution in [0.1, 0.15) is 29.6 Å². The van der Waals surface area contributed by atoms with Crippen molar-refractivity contribution in [2.45, 2.75) is 19.3 Å². The molecule has 2 atom stereocenters. The van der Waals surface area contributed by atoms with Gasteiger partial charge in [-0.25, -0.2) is 4.79 Å². The van der Waals surface area contributed by atoms with Gasteiger partial charge in [0.1, 0.15) is 5.75 Å². The molecular weight excluding hydrogens is 384 g/mol. The van der Waals surface area contributed by atoms with Crippen LogP contribution in [0.25, 0.3) is 0 Å². The molecule has 8 heteroatoms. The van der Waals surface area contributed by atoms with E-state index in [0.29, 0.717) is 69.6 Å². The van der Waals surface area contributed by atoms with Crippen LogP contribution < -0.4 is 10.1 Å². The van der Waals surface area contributed by atoms with Crippen LogP contribution in [-0.2, 0) is 4.79 Å². The summed E-state index contributed by atoms with van der Waals surface area (Å²) < 4.78 is 5.17. The number of likely N-dealkylation sites (tertiary alicyclic amines) is 2. The standard InChI is InChI=1S/C22H30N4O4/c1-30-19-4-2-16(3-5-19)21(28)26-10-6-17-14-20(27)24(9-7-18(17)15-26)12-13-25-11-8-23-22(25)29/h2-5,17-18H,6-15H2,1H3,(H,23,29)/t17-,18+/m1/s1. The van der Waals surface area contributed by atoms with Crippen LogP contribution in [-0.4, -0.2) is 85.5 Å². The number of hydrogen-bond donors (Lipinski definition) is 1. The molecule has 3 saturated heterocycles. The smallest absolute Gasteiger partial charge is 0.317 e. The molecule has 3 aliphatic heterocycles. The molecule has 0 radical (unpaired) electrons. The number of nitrogens with zero attached hydrogens (tertiary/aromatic N) is 3.